The normalized spacial score (nSPS) is 15.0. The third kappa shape index (κ3) is 4.64. The third-order valence-corrected chi connectivity index (χ3v) is 4.12. The number of halogens is 2. The molecule has 4 heteroatoms. The Hall–Kier alpha value is -0.280. The van der Waals surface area contributed by atoms with Gasteiger partial charge in [0, 0.05) is 28.7 Å². The molecule has 0 heterocycles. The number of nitrogens with zero attached hydrogens (tertiary/aromatic N) is 1. The zero-order valence-electron chi connectivity index (χ0n) is 12.2. The zero-order chi connectivity index (χ0) is 14.6. The van der Waals surface area contributed by atoms with Crippen LogP contribution in [0.5, 0.6) is 0 Å². The number of nitrogens with two attached hydrogens (primary N) is 1. The fraction of sp³-hybridized carbons (Fsp3) is 0.600. The summed E-state index contributed by atoms with van der Waals surface area (Å²) in [6.45, 7) is 7.21. The molecule has 0 bridgehead atoms. The van der Waals surface area contributed by atoms with E-state index in [1.54, 1.807) is 6.07 Å². The first-order valence-electron chi connectivity index (χ1n) is 6.73. The van der Waals surface area contributed by atoms with Gasteiger partial charge in [-0.15, -0.1) is 0 Å². The van der Waals surface area contributed by atoms with Crippen molar-refractivity contribution in [2.75, 3.05) is 13.6 Å². The zero-order valence-corrected chi connectivity index (χ0v) is 13.7. The largest absolute Gasteiger partial charge is 0.329 e. The molecular weight excluding hydrogens is 279 g/mol. The smallest absolute Gasteiger partial charge is 0.0485 e. The maximum absolute atomic E-state index is 6.28. The predicted molar refractivity (Wildman–Crippen MR) is 84.9 cm³/mol. The molecule has 0 aromatic heterocycles. The van der Waals surface area contributed by atoms with Gasteiger partial charge in [-0.3, -0.25) is 4.90 Å². The van der Waals surface area contributed by atoms with Gasteiger partial charge in [-0.1, -0.05) is 37.0 Å². The molecule has 0 fully saturated rings. The molecule has 0 saturated carbocycles. The Balaban J connectivity index is 2.96. The Kier molecular flexibility index (Phi) is 6.61. The molecule has 1 rings (SSSR count). The van der Waals surface area contributed by atoms with Gasteiger partial charge in [0.05, 0.1) is 0 Å². The minimum Gasteiger partial charge on any atom is -0.329 e. The summed E-state index contributed by atoms with van der Waals surface area (Å²) < 4.78 is 0. The average molecular weight is 303 g/mol. The Morgan fingerprint density at radius 1 is 1.21 bits per heavy atom. The molecule has 1 aromatic carbocycles. The second kappa shape index (κ2) is 7.49. The van der Waals surface area contributed by atoms with E-state index in [1.165, 1.54) is 0 Å². The lowest BCUT2D eigenvalue weighted by molar-refractivity contribution is 0.169. The Morgan fingerprint density at radius 3 is 2.37 bits per heavy atom. The Morgan fingerprint density at radius 2 is 1.84 bits per heavy atom. The lowest BCUT2D eigenvalue weighted by atomic mass is 9.99. The first-order valence-corrected chi connectivity index (χ1v) is 7.49. The fourth-order valence-corrected chi connectivity index (χ4v) is 2.86. The highest BCUT2D eigenvalue weighted by Crippen LogP contribution is 2.30. The van der Waals surface area contributed by atoms with Crippen LogP contribution in [0, 0.1) is 5.92 Å². The molecule has 0 saturated heterocycles. The Bertz CT molecular complexity index is 407. The number of hydrogen-bond donors (Lipinski definition) is 1. The monoisotopic (exact) mass is 302 g/mol. The molecular formula is C15H24Cl2N2. The van der Waals surface area contributed by atoms with E-state index in [0.717, 1.165) is 17.0 Å². The molecule has 0 aliphatic rings. The van der Waals surface area contributed by atoms with Crippen LogP contribution < -0.4 is 5.73 Å². The van der Waals surface area contributed by atoms with Crippen molar-refractivity contribution in [3.63, 3.8) is 0 Å². The molecule has 2 N–H and O–H groups in total. The maximum Gasteiger partial charge on any atom is 0.0485 e. The standard InChI is InChI=1S/C15H24Cl2N2/c1-10(2)7-11(3)19(4)15(9-18)13-8-12(16)5-6-14(13)17/h5-6,8,10-11,15H,7,9,18H2,1-4H3. The number of likely N-dealkylation sites (N-methyl/N-ethyl adjacent to an activating group) is 1. The van der Waals surface area contributed by atoms with Crippen LogP contribution in [0.1, 0.15) is 38.8 Å². The van der Waals surface area contributed by atoms with Gasteiger partial charge in [-0.05, 0) is 50.1 Å². The molecule has 2 nitrogen and oxygen atoms in total. The molecule has 2 atom stereocenters. The van der Waals surface area contributed by atoms with Crippen LogP contribution in [0.25, 0.3) is 0 Å². The van der Waals surface area contributed by atoms with E-state index in [2.05, 4.69) is 32.7 Å². The van der Waals surface area contributed by atoms with Gasteiger partial charge in [-0.2, -0.15) is 0 Å². The van der Waals surface area contributed by atoms with Crippen LogP contribution in [0.2, 0.25) is 10.0 Å². The quantitative estimate of drug-likeness (QED) is 0.846. The lowest BCUT2D eigenvalue weighted by Crippen LogP contribution is -2.37. The molecule has 0 spiro atoms. The summed E-state index contributed by atoms with van der Waals surface area (Å²) in [6, 6.07) is 6.10. The van der Waals surface area contributed by atoms with Crippen LogP contribution in [-0.4, -0.2) is 24.5 Å². The molecule has 2 unspecified atom stereocenters. The van der Waals surface area contributed by atoms with Gasteiger partial charge in [0.15, 0.2) is 0 Å². The first kappa shape index (κ1) is 16.8. The van der Waals surface area contributed by atoms with Crippen molar-refractivity contribution in [1.82, 2.24) is 4.90 Å². The van der Waals surface area contributed by atoms with Gasteiger partial charge in [0.1, 0.15) is 0 Å². The van der Waals surface area contributed by atoms with Crippen molar-refractivity contribution in [3.05, 3.63) is 33.8 Å². The summed E-state index contributed by atoms with van der Waals surface area (Å²) in [5.41, 5.74) is 6.96. The van der Waals surface area contributed by atoms with Crippen LogP contribution in [0.15, 0.2) is 18.2 Å². The van der Waals surface area contributed by atoms with Gasteiger partial charge in [0.2, 0.25) is 0 Å². The highest BCUT2D eigenvalue weighted by Gasteiger charge is 2.23. The summed E-state index contributed by atoms with van der Waals surface area (Å²) in [4.78, 5) is 2.29. The third-order valence-electron chi connectivity index (χ3n) is 3.54. The summed E-state index contributed by atoms with van der Waals surface area (Å²) in [5.74, 6) is 0.658. The number of rotatable bonds is 6. The molecule has 0 amide bonds. The topological polar surface area (TPSA) is 29.3 Å². The van der Waals surface area contributed by atoms with Gasteiger partial charge >= 0.3 is 0 Å². The van der Waals surface area contributed by atoms with Crippen LogP contribution in [0.4, 0.5) is 0 Å². The van der Waals surface area contributed by atoms with E-state index in [-0.39, 0.29) is 6.04 Å². The van der Waals surface area contributed by atoms with Crippen LogP contribution >= 0.6 is 23.2 Å². The van der Waals surface area contributed by atoms with Crippen molar-refractivity contribution in [3.8, 4) is 0 Å². The van der Waals surface area contributed by atoms with Crippen molar-refractivity contribution >= 4 is 23.2 Å². The van der Waals surface area contributed by atoms with Crippen LogP contribution in [-0.2, 0) is 0 Å². The van der Waals surface area contributed by atoms with Crippen molar-refractivity contribution < 1.29 is 0 Å². The molecule has 108 valence electrons. The second-order valence-electron chi connectivity index (χ2n) is 5.56. The van der Waals surface area contributed by atoms with Crippen molar-refractivity contribution in [2.24, 2.45) is 11.7 Å². The van der Waals surface area contributed by atoms with Gasteiger partial charge in [-0.25, -0.2) is 0 Å². The molecule has 19 heavy (non-hydrogen) atoms. The predicted octanol–water partition coefficient (Wildman–Crippen LogP) is 4.36. The molecule has 0 radical (unpaired) electrons. The van der Waals surface area contributed by atoms with E-state index in [9.17, 15) is 0 Å². The van der Waals surface area contributed by atoms with E-state index in [1.807, 2.05) is 12.1 Å². The van der Waals surface area contributed by atoms with E-state index in [0.29, 0.717) is 23.5 Å². The highest BCUT2D eigenvalue weighted by atomic mass is 35.5. The lowest BCUT2D eigenvalue weighted by Gasteiger charge is -2.34. The van der Waals surface area contributed by atoms with E-state index in [4.69, 9.17) is 28.9 Å². The first-order chi connectivity index (χ1) is 8.86. The summed E-state index contributed by atoms with van der Waals surface area (Å²) in [7, 11) is 2.10. The van der Waals surface area contributed by atoms with Gasteiger partial charge in [0.25, 0.3) is 0 Å². The van der Waals surface area contributed by atoms with Crippen LogP contribution in [0.3, 0.4) is 0 Å². The van der Waals surface area contributed by atoms with Crippen molar-refractivity contribution in [2.45, 2.75) is 39.3 Å². The minimum absolute atomic E-state index is 0.0972. The molecule has 0 aliphatic carbocycles. The Labute approximate surface area is 126 Å². The molecule has 1 aromatic rings. The molecule has 0 aliphatic heterocycles. The second-order valence-corrected chi connectivity index (χ2v) is 6.41. The SMILES string of the molecule is CC(C)CC(C)N(C)C(CN)c1cc(Cl)ccc1Cl. The van der Waals surface area contributed by atoms with E-state index < -0.39 is 0 Å². The highest BCUT2D eigenvalue weighted by molar-refractivity contribution is 6.33. The summed E-state index contributed by atoms with van der Waals surface area (Å²) in [6.07, 6.45) is 1.13. The minimum atomic E-state index is 0.0972. The fourth-order valence-electron chi connectivity index (χ4n) is 2.44. The summed E-state index contributed by atoms with van der Waals surface area (Å²) >= 11 is 12.4. The number of hydrogen-bond acceptors (Lipinski definition) is 2. The average Bonchev–Trinajstić information content (AvgIpc) is 2.33. The van der Waals surface area contributed by atoms with Gasteiger partial charge < -0.3 is 5.73 Å². The number of benzene rings is 1. The summed E-state index contributed by atoms with van der Waals surface area (Å²) in [5, 5.41) is 1.42. The van der Waals surface area contributed by atoms with E-state index >= 15 is 0 Å². The van der Waals surface area contributed by atoms with Crippen molar-refractivity contribution in [1.29, 1.82) is 0 Å². The maximum atomic E-state index is 6.28.